The molecule has 6 atom stereocenters. The van der Waals surface area contributed by atoms with E-state index in [0.29, 0.717) is 49.2 Å². The fourth-order valence-corrected chi connectivity index (χ4v) is 8.41. The third-order valence-corrected chi connectivity index (χ3v) is 11.4. The first-order valence-corrected chi connectivity index (χ1v) is 20.4. The second-order valence-electron chi connectivity index (χ2n) is 17.3. The van der Waals surface area contributed by atoms with E-state index < -0.39 is 72.3 Å². The minimum absolute atomic E-state index is 0.0968. The lowest BCUT2D eigenvalue weighted by Gasteiger charge is -2.33. The lowest BCUT2D eigenvalue weighted by molar-refractivity contribution is -0.158. The number of esters is 2. The van der Waals surface area contributed by atoms with Gasteiger partial charge in [0.25, 0.3) is 0 Å². The van der Waals surface area contributed by atoms with E-state index in [1.165, 1.54) is 16.9 Å². The lowest BCUT2D eigenvalue weighted by Crippen LogP contribution is -2.56. The van der Waals surface area contributed by atoms with Gasteiger partial charge in [0, 0.05) is 42.3 Å². The number of alkyl carbamates (subject to hydrolysis) is 1. The Labute approximate surface area is 349 Å². The molecular weight excluding hydrogens is 778 g/mol. The largest absolute Gasteiger partial charge is 0.488 e. The van der Waals surface area contributed by atoms with Gasteiger partial charge in [-0.2, -0.15) is 0 Å². The number of nitrogens with zero attached hydrogens (tertiary/aromatic N) is 2. The van der Waals surface area contributed by atoms with Crippen LogP contribution in [0.25, 0.3) is 11.1 Å². The maximum absolute atomic E-state index is 13.8. The molecular formula is C44H55N3O13. The van der Waals surface area contributed by atoms with Crippen LogP contribution in [0.3, 0.4) is 0 Å². The molecule has 324 valence electrons. The van der Waals surface area contributed by atoms with Gasteiger partial charge in [-0.3, -0.25) is 19.3 Å². The first kappa shape index (κ1) is 44.1. The number of benzene rings is 2. The second-order valence-corrected chi connectivity index (χ2v) is 17.3. The monoisotopic (exact) mass is 833 g/mol. The van der Waals surface area contributed by atoms with Crippen LogP contribution in [0.2, 0.25) is 0 Å². The molecule has 0 aromatic heterocycles. The minimum atomic E-state index is -1.05. The molecule has 4 aliphatic rings. The summed E-state index contributed by atoms with van der Waals surface area (Å²) in [6.07, 6.45) is -0.538. The van der Waals surface area contributed by atoms with Gasteiger partial charge in [-0.1, -0.05) is 26.0 Å². The summed E-state index contributed by atoms with van der Waals surface area (Å²) in [4.78, 5) is 95.3. The highest BCUT2D eigenvalue weighted by molar-refractivity contribution is 6.04. The lowest BCUT2D eigenvalue weighted by atomic mass is 9.84. The summed E-state index contributed by atoms with van der Waals surface area (Å²) >= 11 is 0. The highest BCUT2D eigenvalue weighted by atomic mass is 16.6. The van der Waals surface area contributed by atoms with E-state index in [9.17, 15) is 33.6 Å². The van der Waals surface area contributed by atoms with Crippen LogP contribution in [0, 0.1) is 11.8 Å². The predicted octanol–water partition coefficient (Wildman–Crippen LogP) is 5.04. The van der Waals surface area contributed by atoms with Crippen LogP contribution in [0.4, 0.5) is 9.59 Å². The maximum Gasteiger partial charge on any atom is 0.411 e. The Morgan fingerprint density at radius 2 is 1.67 bits per heavy atom. The van der Waals surface area contributed by atoms with Gasteiger partial charge in [-0.05, 0) is 101 Å². The summed E-state index contributed by atoms with van der Waals surface area (Å²) < 4.78 is 32.9. The average Bonchev–Trinajstić information content (AvgIpc) is 3.82. The van der Waals surface area contributed by atoms with E-state index >= 15 is 0 Å². The Morgan fingerprint density at radius 3 is 2.35 bits per heavy atom. The number of hydrogen-bond donors (Lipinski definition) is 1. The van der Waals surface area contributed by atoms with Crippen molar-refractivity contribution in [3.05, 3.63) is 52.6 Å². The number of ether oxygens (including phenoxy) is 6. The van der Waals surface area contributed by atoms with Gasteiger partial charge in [-0.15, -0.1) is 0 Å². The molecule has 1 aliphatic carbocycles. The van der Waals surface area contributed by atoms with Crippen LogP contribution in [0.1, 0.15) is 99.1 Å². The second kappa shape index (κ2) is 18.0. The first-order chi connectivity index (χ1) is 28.4. The topological polar surface area (TPSA) is 193 Å². The van der Waals surface area contributed by atoms with Gasteiger partial charge in [0.05, 0.1) is 13.7 Å². The van der Waals surface area contributed by atoms with E-state index in [1.807, 2.05) is 13.0 Å². The maximum atomic E-state index is 13.8. The van der Waals surface area contributed by atoms with Gasteiger partial charge in [0.15, 0.2) is 18.5 Å². The number of likely N-dealkylation sites (tertiary alicyclic amines) is 2. The van der Waals surface area contributed by atoms with Crippen LogP contribution >= 0.6 is 0 Å². The first-order valence-electron chi connectivity index (χ1n) is 20.4. The minimum Gasteiger partial charge on any atom is -0.488 e. The number of ketones is 2. The van der Waals surface area contributed by atoms with Gasteiger partial charge >= 0.3 is 24.1 Å². The van der Waals surface area contributed by atoms with E-state index in [-0.39, 0.29) is 43.2 Å². The van der Waals surface area contributed by atoms with Crippen LogP contribution in [0.15, 0.2) is 30.3 Å². The summed E-state index contributed by atoms with van der Waals surface area (Å²) in [5, 5.41) is 2.57. The van der Waals surface area contributed by atoms with Crippen LogP contribution in [-0.2, 0) is 51.1 Å². The van der Waals surface area contributed by atoms with Crippen molar-refractivity contribution in [3.8, 4) is 16.9 Å². The van der Waals surface area contributed by atoms with Gasteiger partial charge in [0.1, 0.15) is 36.1 Å². The fourth-order valence-electron chi connectivity index (χ4n) is 8.41. The Balaban J connectivity index is 1.10. The van der Waals surface area contributed by atoms with Crippen molar-refractivity contribution in [2.45, 2.75) is 116 Å². The Morgan fingerprint density at radius 1 is 0.917 bits per heavy atom. The SMILES string of the molecule is COC[C@H]1CC(C(=O)OCC(=O)c2ccc3c(c2)COc2cc4c(cc2-3)CCC(OC(=O)[C@@H]2CC[C@H](C)N2C(=O)[C@@H](NC(=O)OC)C(C)C)C4=O)N(C(=O)OC(C)(C)C)C1. The molecule has 3 heterocycles. The Kier molecular flexibility index (Phi) is 13.2. The van der Waals surface area contributed by atoms with Crippen molar-refractivity contribution >= 4 is 41.6 Å². The summed E-state index contributed by atoms with van der Waals surface area (Å²) in [6.45, 7) is 10.8. The van der Waals surface area contributed by atoms with Crippen molar-refractivity contribution in [3.63, 3.8) is 0 Å². The molecule has 3 aliphatic heterocycles. The predicted molar refractivity (Wildman–Crippen MR) is 214 cm³/mol. The van der Waals surface area contributed by atoms with Gasteiger partial charge < -0.3 is 38.6 Å². The number of aryl methyl sites for hydroxylation is 1. The molecule has 2 aromatic carbocycles. The number of nitrogens with one attached hydrogen (secondary N) is 1. The van der Waals surface area contributed by atoms with E-state index in [0.717, 1.165) is 22.3 Å². The number of fused-ring (bicyclic) bond motifs is 4. The van der Waals surface area contributed by atoms with E-state index in [4.69, 9.17) is 28.4 Å². The van der Waals surface area contributed by atoms with E-state index in [2.05, 4.69) is 5.32 Å². The molecule has 3 amide bonds. The van der Waals surface area contributed by atoms with Crippen molar-refractivity contribution in [2.24, 2.45) is 11.8 Å². The Bertz CT molecular complexity index is 2040. The zero-order valence-electron chi connectivity index (χ0n) is 35.5. The van der Waals surface area contributed by atoms with Crippen molar-refractivity contribution < 1.29 is 62.0 Å². The quantitative estimate of drug-likeness (QED) is 0.180. The highest BCUT2D eigenvalue weighted by Gasteiger charge is 2.45. The summed E-state index contributed by atoms with van der Waals surface area (Å²) in [5.41, 5.74) is 2.98. The summed E-state index contributed by atoms with van der Waals surface area (Å²) in [7, 11) is 2.76. The number of Topliss-reactive ketones (excluding diaryl/α,β-unsaturated/α-hetero) is 2. The molecule has 6 rings (SSSR count). The normalized spacial score (nSPS) is 22.5. The molecule has 2 saturated heterocycles. The van der Waals surface area contributed by atoms with E-state index in [1.54, 1.807) is 66.0 Å². The third kappa shape index (κ3) is 9.43. The molecule has 0 spiro atoms. The molecule has 0 saturated carbocycles. The number of rotatable bonds is 11. The molecule has 60 heavy (non-hydrogen) atoms. The molecule has 16 heteroatoms. The molecule has 1 N–H and O–H groups in total. The van der Waals surface area contributed by atoms with Gasteiger partial charge in [-0.25, -0.2) is 19.2 Å². The fraction of sp³-hybridized carbons (Fsp3) is 0.568. The van der Waals surface area contributed by atoms with Crippen molar-refractivity contribution in [1.82, 2.24) is 15.1 Å². The average molecular weight is 834 g/mol. The van der Waals surface area contributed by atoms with Crippen molar-refractivity contribution in [2.75, 3.05) is 34.0 Å². The van der Waals surface area contributed by atoms with Crippen LogP contribution < -0.4 is 10.1 Å². The number of carbonyl (C=O) groups is 7. The summed E-state index contributed by atoms with van der Waals surface area (Å²) in [5.74, 6) is -2.50. The van der Waals surface area contributed by atoms with Crippen LogP contribution in [-0.4, -0.2) is 121 Å². The molecule has 0 radical (unpaired) electrons. The highest BCUT2D eigenvalue weighted by Crippen LogP contribution is 2.42. The standard InChI is InChI=1S/C44H55N3O13/c1-23(2)37(45-42(53)56-8)39(50)47-24(3)9-13-32(47)41(52)59-35-14-11-26-17-31-29-12-10-27(16-28(29)21-57-36(31)18-30(26)38(35)49)34(48)22-58-40(51)33-15-25(20-55-7)19-46(33)43(54)60-44(4,5)6/h10,12,16-18,23-25,32-33,35,37H,9,11,13-15,19-22H2,1-8H3,(H,45,53)/t24-,25-,32-,33?,35?,37-/m0/s1. The zero-order valence-corrected chi connectivity index (χ0v) is 35.5. The number of methoxy groups -OCH3 is 2. The molecule has 2 aromatic rings. The number of hydrogen-bond acceptors (Lipinski definition) is 13. The number of amides is 3. The third-order valence-electron chi connectivity index (χ3n) is 11.4. The smallest absolute Gasteiger partial charge is 0.411 e. The van der Waals surface area contributed by atoms with Crippen molar-refractivity contribution in [1.29, 1.82) is 0 Å². The van der Waals surface area contributed by atoms with Gasteiger partial charge in [0.2, 0.25) is 11.7 Å². The summed E-state index contributed by atoms with van der Waals surface area (Å²) in [6, 6.07) is 5.65. The number of carbonyl (C=O) groups excluding carboxylic acids is 7. The zero-order chi connectivity index (χ0) is 43.6. The van der Waals surface area contributed by atoms with Crippen LogP contribution in [0.5, 0.6) is 5.75 Å². The Hall–Kier alpha value is -5.51. The molecule has 0 bridgehead atoms. The molecule has 2 unspecified atom stereocenters. The molecule has 2 fully saturated rings. The molecule has 16 nitrogen and oxygen atoms in total.